The number of aromatic nitrogens is 1. The molecule has 7 heteroatoms. The van der Waals surface area contributed by atoms with E-state index < -0.39 is 0 Å². The Kier molecular flexibility index (Phi) is 10.5. The molecule has 5 nitrogen and oxygen atoms in total. The molecule has 30 heavy (non-hydrogen) atoms. The smallest absolute Gasteiger partial charge is 0.191 e. The van der Waals surface area contributed by atoms with E-state index in [2.05, 4.69) is 60.7 Å². The lowest BCUT2D eigenvalue weighted by molar-refractivity contribution is -0.0265. The van der Waals surface area contributed by atoms with Gasteiger partial charge in [-0.1, -0.05) is 36.8 Å². The van der Waals surface area contributed by atoms with Crippen molar-refractivity contribution in [2.24, 2.45) is 10.9 Å². The summed E-state index contributed by atoms with van der Waals surface area (Å²) in [6.07, 6.45) is 4.36. The molecule has 166 valence electrons. The van der Waals surface area contributed by atoms with Crippen LogP contribution in [0.3, 0.4) is 0 Å². The summed E-state index contributed by atoms with van der Waals surface area (Å²) in [5.41, 5.74) is 3.79. The molecule has 0 spiro atoms. The normalized spacial score (nSPS) is 19.3. The fourth-order valence-electron chi connectivity index (χ4n) is 3.84. The van der Waals surface area contributed by atoms with Gasteiger partial charge in [0.2, 0.25) is 0 Å². The van der Waals surface area contributed by atoms with E-state index >= 15 is 0 Å². The van der Waals surface area contributed by atoms with Crippen molar-refractivity contribution >= 4 is 41.3 Å². The van der Waals surface area contributed by atoms with Gasteiger partial charge in [0.15, 0.2) is 5.96 Å². The van der Waals surface area contributed by atoms with Crippen molar-refractivity contribution in [1.29, 1.82) is 0 Å². The summed E-state index contributed by atoms with van der Waals surface area (Å²) >= 11 is 1.81. The van der Waals surface area contributed by atoms with Gasteiger partial charge in [0.25, 0.3) is 0 Å². The van der Waals surface area contributed by atoms with Crippen LogP contribution in [-0.2, 0) is 17.6 Å². The highest BCUT2D eigenvalue weighted by molar-refractivity contribution is 14.0. The maximum atomic E-state index is 6.14. The number of thiazole rings is 1. The Bertz CT molecular complexity index is 806. The molecule has 2 N–H and O–H groups in total. The molecule has 1 fully saturated rings. The molecule has 0 bridgehead atoms. The maximum absolute atomic E-state index is 6.14. The summed E-state index contributed by atoms with van der Waals surface area (Å²) in [6.45, 7) is 8.97. The number of benzene rings is 1. The van der Waals surface area contributed by atoms with Crippen molar-refractivity contribution in [2.75, 3.05) is 26.7 Å². The van der Waals surface area contributed by atoms with E-state index in [1.807, 2.05) is 7.05 Å². The molecule has 2 aromatic rings. The molecular formula is C23H35IN4OS. The van der Waals surface area contributed by atoms with Gasteiger partial charge in [0.1, 0.15) is 0 Å². The number of aliphatic imine (C=N–C) groups is 1. The lowest BCUT2D eigenvalue weighted by atomic mass is 9.89. The molecule has 0 aliphatic carbocycles. The van der Waals surface area contributed by atoms with E-state index in [0.29, 0.717) is 5.92 Å². The molecule has 2 heterocycles. The van der Waals surface area contributed by atoms with Gasteiger partial charge in [-0.2, -0.15) is 0 Å². The van der Waals surface area contributed by atoms with Gasteiger partial charge in [0.05, 0.1) is 16.8 Å². The summed E-state index contributed by atoms with van der Waals surface area (Å²) < 4.78 is 6.14. The fourth-order valence-corrected chi connectivity index (χ4v) is 4.86. The standard InChI is InChI=1S/C23H34N4OS.HI/c1-5-20-17(3)29-21(27-20)12-13-25-23(24-4)26-15-19-7-6-14-28-22(19)18-10-8-16(2)9-11-18;/h8-11,19,22H,5-7,12-15H2,1-4H3,(H2,24,25,26);1H. The van der Waals surface area contributed by atoms with Crippen LogP contribution in [0.1, 0.15) is 52.6 Å². The van der Waals surface area contributed by atoms with Crippen LogP contribution >= 0.6 is 35.3 Å². The SMILES string of the molecule is CCc1nc(CCNC(=NC)NCC2CCCOC2c2ccc(C)cc2)sc1C.I. The highest BCUT2D eigenvalue weighted by Crippen LogP contribution is 2.33. The second kappa shape index (κ2) is 12.6. The first-order valence-corrected chi connectivity index (χ1v) is 11.5. The molecule has 0 radical (unpaired) electrons. The molecule has 0 amide bonds. The van der Waals surface area contributed by atoms with Crippen molar-refractivity contribution in [2.45, 2.75) is 52.6 Å². The van der Waals surface area contributed by atoms with Crippen LogP contribution in [0.5, 0.6) is 0 Å². The third-order valence-corrected chi connectivity index (χ3v) is 6.58. The minimum Gasteiger partial charge on any atom is -0.373 e. The van der Waals surface area contributed by atoms with Gasteiger partial charge in [-0.05, 0) is 38.7 Å². The molecule has 1 saturated heterocycles. The Labute approximate surface area is 202 Å². The summed E-state index contributed by atoms with van der Waals surface area (Å²) in [7, 11) is 1.83. The Morgan fingerprint density at radius 2 is 2.00 bits per heavy atom. The second-order valence-electron chi connectivity index (χ2n) is 7.70. The summed E-state index contributed by atoms with van der Waals surface area (Å²) in [5, 5.41) is 8.13. The Morgan fingerprint density at radius 1 is 1.23 bits per heavy atom. The van der Waals surface area contributed by atoms with Crippen molar-refractivity contribution in [3.63, 3.8) is 0 Å². The first kappa shape index (κ1) is 25.1. The number of aryl methyl sites for hydroxylation is 3. The first-order chi connectivity index (χ1) is 14.1. The molecule has 3 rings (SSSR count). The molecule has 1 aliphatic heterocycles. The maximum Gasteiger partial charge on any atom is 0.191 e. The number of hydrogen-bond donors (Lipinski definition) is 2. The molecule has 1 aliphatic rings. The molecule has 2 unspecified atom stereocenters. The minimum atomic E-state index is 0. The number of nitrogens with one attached hydrogen (secondary N) is 2. The van der Waals surface area contributed by atoms with Gasteiger partial charge in [-0.15, -0.1) is 35.3 Å². The van der Waals surface area contributed by atoms with E-state index in [1.54, 1.807) is 11.3 Å². The van der Waals surface area contributed by atoms with Gasteiger partial charge in [0, 0.05) is 44.0 Å². The number of guanidine groups is 1. The van der Waals surface area contributed by atoms with Crippen LogP contribution in [0, 0.1) is 19.8 Å². The van der Waals surface area contributed by atoms with Crippen molar-refractivity contribution < 1.29 is 4.74 Å². The van der Waals surface area contributed by atoms with Gasteiger partial charge in [-0.25, -0.2) is 4.98 Å². The average Bonchev–Trinajstić information content (AvgIpc) is 3.11. The number of rotatable bonds is 7. The third-order valence-electron chi connectivity index (χ3n) is 5.51. The molecule has 1 aromatic heterocycles. The number of hydrogen-bond acceptors (Lipinski definition) is 4. The van der Waals surface area contributed by atoms with E-state index in [4.69, 9.17) is 9.72 Å². The Morgan fingerprint density at radius 3 is 2.67 bits per heavy atom. The van der Waals surface area contributed by atoms with Crippen LogP contribution in [0.2, 0.25) is 0 Å². The van der Waals surface area contributed by atoms with Crippen molar-refractivity contribution in [1.82, 2.24) is 15.6 Å². The van der Waals surface area contributed by atoms with Gasteiger partial charge < -0.3 is 15.4 Å². The van der Waals surface area contributed by atoms with E-state index in [-0.39, 0.29) is 30.1 Å². The monoisotopic (exact) mass is 542 g/mol. The summed E-state index contributed by atoms with van der Waals surface area (Å²) in [5.74, 6) is 1.29. The van der Waals surface area contributed by atoms with Crippen LogP contribution in [0.4, 0.5) is 0 Å². The zero-order chi connectivity index (χ0) is 20.6. The minimum absolute atomic E-state index is 0. The van der Waals surface area contributed by atoms with Crippen LogP contribution < -0.4 is 10.6 Å². The Hall–Kier alpha value is -1.19. The highest BCUT2D eigenvalue weighted by atomic mass is 127. The van der Waals surface area contributed by atoms with E-state index in [0.717, 1.165) is 44.9 Å². The average molecular weight is 543 g/mol. The predicted molar refractivity (Wildman–Crippen MR) is 137 cm³/mol. The molecule has 2 atom stereocenters. The number of nitrogens with zero attached hydrogens (tertiary/aromatic N) is 2. The Balaban J connectivity index is 0.00000320. The van der Waals surface area contributed by atoms with Crippen molar-refractivity contribution in [3.05, 3.63) is 51.0 Å². The number of ether oxygens (including phenoxy) is 1. The largest absolute Gasteiger partial charge is 0.373 e. The first-order valence-electron chi connectivity index (χ1n) is 10.7. The van der Waals surface area contributed by atoms with E-state index in [9.17, 15) is 0 Å². The predicted octanol–water partition coefficient (Wildman–Crippen LogP) is 4.82. The van der Waals surface area contributed by atoms with Gasteiger partial charge in [-0.3, -0.25) is 4.99 Å². The van der Waals surface area contributed by atoms with Crippen LogP contribution in [-0.4, -0.2) is 37.7 Å². The number of halogens is 1. The van der Waals surface area contributed by atoms with Crippen molar-refractivity contribution in [3.8, 4) is 0 Å². The summed E-state index contributed by atoms with van der Waals surface area (Å²) in [6, 6.07) is 8.74. The zero-order valence-corrected chi connectivity index (χ0v) is 21.7. The second-order valence-corrected chi connectivity index (χ2v) is 8.99. The lowest BCUT2D eigenvalue weighted by Crippen LogP contribution is -2.42. The fraction of sp³-hybridized carbons (Fsp3) is 0.565. The topological polar surface area (TPSA) is 58.5 Å². The highest BCUT2D eigenvalue weighted by Gasteiger charge is 2.27. The lowest BCUT2D eigenvalue weighted by Gasteiger charge is -2.32. The summed E-state index contributed by atoms with van der Waals surface area (Å²) in [4.78, 5) is 10.4. The van der Waals surface area contributed by atoms with Crippen LogP contribution in [0.25, 0.3) is 0 Å². The zero-order valence-electron chi connectivity index (χ0n) is 18.5. The quantitative estimate of drug-likeness (QED) is 0.300. The molecular weight excluding hydrogens is 507 g/mol. The van der Waals surface area contributed by atoms with Gasteiger partial charge >= 0.3 is 0 Å². The molecule has 1 aromatic carbocycles. The molecule has 0 saturated carbocycles. The van der Waals surface area contributed by atoms with Crippen LogP contribution in [0.15, 0.2) is 29.3 Å². The third kappa shape index (κ3) is 6.92. The van der Waals surface area contributed by atoms with E-state index in [1.165, 1.54) is 33.1 Å².